The molecule has 0 amide bonds. The van der Waals surface area contributed by atoms with Crippen LogP contribution in [-0.2, 0) is 0 Å². The lowest BCUT2D eigenvalue weighted by Crippen LogP contribution is -2.12. The zero-order valence-corrected chi connectivity index (χ0v) is 13.7. The Morgan fingerprint density at radius 3 is 2.33 bits per heavy atom. The highest BCUT2D eigenvalue weighted by molar-refractivity contribution is 7.98. The van der Waals surface area contributed by atoms with E-state index >= 15 is 0 Å². The first-order valence-corrected chi connectivity index (χ1v) is 8.48. The summed E-state index contributed by atoms with van der Waals surface area (Å²) in [7, 11) is 0. The van der Waals surface area contributed by atoms with Crippen molar-refractivity contribution < 1.29 is 5.11 Å². The van der Waals surface area contributed by atoms with Crippen molar-refractivity contribution in [3.05, 3.63) is 59.7 Å². The van der Waals surface area contributed by atoms with Crippen LogP contribution in [-0.4, -0.2) is 17.9 Å². The van der Waals surface area contributed by atoms with Crippen LogP contribution in [0.2, 0.25) is 0 Å². The van der Waals surface area contributed by atoms with Gasteiger partial charge in [-0.15, -0.1) is 11.8 Å². The van der Waals surface area contributed by atoms with Crippen molar-refractivity contribution in [2.75, 3.05) is 18.1 Å². The van der Waals surface area contributed by atoms with Gasteiger partial charge in [-0.25, -0.2) is 0 Å². The second kappa shape index (κ2) is 7.53. The Morgan fingerprint density at radius 1 is 1.05 bits per heavy atom. The van der Waals surface area contributed by atoms with E-state index < -0.39 is 6.10 Å². The highest BCUT2D eigenvalue weighted by atomic mass is 32.2. The van der Waals surface area contributed by atoms with Gasteiger partial charge in [0.25, 0.3) is 0 Å². The summed E-state index contributed by atoms with van der Waals surface area (Å²) in [6, 6.07) is 16.4. The summed E-state index contributed by atoms with van der Waals surface area (Å²) in [4.78, 5) is 1.22. The van der Waals surface area contributed by atoms with Gasteiger partial charge in [-0.1, -0.05) is 44.2 Å². The molecular weight excluding hydrogens is 278 g/mol. The third kappa shape index (κ3) is 4.51. The van der Waals surface area contributed by atoms with Crippen molar-refractivity contribution in [1.82, 2.24) is 0 Å². The zero-order valence-electron chi connectivity index (χ0n) is 12.8. The van der Waals surface area contributed by atoms with Gasteiger partial charge in [0.2, 0.25) is 0 Å². The van der Waals surface area contributed by atoms with Gasteiger partial charge >= 0.3 is 0 Å². The summed E-state index contributed by atoms with van der Waals surface area (Å²) in [5.74, 6) is 0.517. The molecule has 0 aliphatic rings. The summed E-state index contributed by atoms with van der Waals surface area (Å²) >= 11 is 1.72. The average molecular weight is 301 g/mol. The normalized spacial score (nSPS) is 12.4. The number of anilines is 1. The van der Waals surface area contributed by atoms with E-state index in [0.717, 1.165) is 11.3 Å². The van der Waals surface area contributed by atoms with Gasteiger partial charge in [-0.3, -0.25) is 0 Å². The molecule has 0 spiro atoms. The first kappa shape index (κ1) is 15.9. The summed E-state index contributed by atoms with van der Waals surface area (Å²) in [5.41, 5.74) is 3.29. The smallest absolute Gasteiger partial charge is 0.0962 e. The van der Waals surface area contributed by atoms with E-state index in [1.54, 1.807) is 11.8 Å². The number of hydrogen-bond acceptors (Lipinski definition) is 3. The molecule has 0 saturated carbocycles. The van der Waals surface area contributed by atoms with Crippen LogP contribution in [0, 0.1) is 0 Å². The van der Waals surface area contributed by atoms with Crippen molar-refractivity contribution >= 4 is 17.4 Å². The maximum Gasteiger partial charge on any atom is 0.0962 e. The lowest BCUT2D eigenvalue weighted by atomic mass is 10.00. The van der Waals surface area contributed by atoms with E-state index in [-0.39, 0.29) is 0 Å². The number of hydrogen-bond donors (Lipinski definition) is 2. The van der Waals surface area contributed by atoms with Crippen LogP contribution in [0.1, 0.15) is 37.0 Å². The monoisotopic (exact) mass is 301 g/mol. The molecule has 2 N–H and O–H groups in total. The van der Waals surface area contributed by atoms with E-state index in [2.05, 4.69) is 49.7 Å². The molecule has 0 aliphatic carbocycles. The van der Waals surface area contributed by atoms with Crippen LogP contribution >= 0.6 is 11.8 Å². The number of aliphatic hydroxyl groups excluding tert-OH is 1. The molecule has 3 heteroatoms. The van der Waals surface area contributed by atoms with Gasteiger partial charge in [0.15, 0.2) is 0 Å². The molecular formula is C18H23NOS. The first-order valence-electron chi connectivity index (χ1n) is 7.26. The van der Waals surface area contributed by atoms with Crippen molar-refractivity contribution in [2.45, 2.75) is 30.8 Å². The molecule has 21 heavy (non-hydrogen) atoms. The van der Waals surface area contributed by atoms with Gasteiger partial charge in [-0.05, 0) is 41.5 Å². The van der Waals surface area contributed by atoms with E-state index in [0.29, 0.717) is 12.5 Å². The van der Waals surface area contributed by atoms with Gasteiger partial charge in [-0.2, -0.15) is 0 Å². The molecule has 1 unspecified atom stereocenters. The molecule has 0 aromatic heterocycles. The SMILES string of the molecule is CSc1cccc(NCC(O)c2ccc(C(C)C)cc2)c1. The second-order valence-electron chi connectivity index (χ2n) is 5.45. The van der Waals surface area contributed by atoms with Crippen LogP contribution in [0.15, 0.2) is 53.4 Å². The topological polar surface area (TPSA) is 32.3 Å². The fourth-order valence-electron chi connectivity index (χ4n) is 2.17. The second-order valence-corrected chi connectivity index (χ2v) is 6.33. The Labute approximate surface area is 131 Å². The molecule has 0 heterocycles. The van der Waals surface area contributed by atoms with Crippen LogP contribution in [0.4, 0.5) is 5.69 Å². The quantitative estimate of drug-likeness (QED) is 0.760. The molecule has 0 aliphatic heterocycles. The van der Waals surface area contributed by atoms with Crippen molar-refractivity contribution in [3.8, 4) is 0 Å². The summed E-state index contributed by atoms with van der Waals surface area (Å²) in [6.45, 7) is 4.86. The zero-order chi connectivity index (χ0) is 15.2. The van der Waals surface area contributed by atoms with E-state index in [9.17, 15) is 5.11 Å². The van der Waals surface area contributed by atoms with Crippen LogP contribution < -0.4 is 5.32 Å². The fourth-order valence-corrected chi connectivity index (χ4v) is 2.63. The number of thioether (sulfide) groups is 1. The van der Waals surface area contributed by atoms with Crippen molar-refractivity contribution in [2.24, 2.45) is 0 Å². The van der Waals surface area contributed by atoms with Gasteiger partial charge < -0.3 is 10.4 Å². The van der Waals surface area contributed by atoms with E-state index in [1.165, 1.54) is 10.5 Å². The van der Waals surface area contributed by atoms with Gasteiger partial charge in [0.1, 0.15) is 0 Å². The van der Waals surface area contributed by atoms with Crippen LogP contribution in [0.25, 0.3) is 0 Å². The predicted octanol–water partition coefficient (Wildman–Crippen LogP) is 4.68. The summed E-state index contributed by atoms with van der Waals surface area (Å²) in [6.07, 6.45) is 1.56. The van der Waals surface area contributed by atoms with Crippen LogP contribution in [0.3, 0.4) is 0 Å². The standard InChI is InChI=1S/C18H23NOS/c1-13(2)14-7-9-15(10-8-14)18(20)12-19-16-5-4-6-17(11-16)21-3/h4-11,13,18-20H,12H2,1-3H3. The van der Waals surface area contributed by atoms with Gasteiger partial charge in [0, 0.05) is 17.1 Å². The Hall–Kier alpha value is -1.45. The minimum Gasteiger partial charge on any atom is -0.387 e. The number of nitrogens with one attached hydrogen (secondary N) is 1. The lowest BCUT2D eigenvalue weighted by molar-refractivity contribution is 0.191. The minimum atomic E-state index is -0.496. The molecule has 0 radical (unpaired) electrons. The van der Waals surface area contributed by atoms with E-state index in [1.807, 2.05) is 24.3 Å². The Balaban J connectivity index is 1.96. The summed E-state index contributed by atoms with van der Waals surface area (Å²) in [5, 5.41) is 13.6. The Kier molecular flexibility index (Phi) is 5.71. The molecule has 1 atom stereocenters. The van der Waals surface area contributed by atoms with Gasteiger partial charge in [0.05, 0.1) is 6.10 Å². The lowest BCUT2D eigenvalue weighted by Gasteiger charge is -2.15. The minimum absolute atomic E-state index is 0.496. The number of aliphatic hydroxyl groups is 1. The summed E-state index contributed by atoms with van der Waals surface area (Å²) < 4.78 is 0. The maximum atomic E-state index is 10.3. The first-order chi connectivity index (χ1) is 10.1. The largest absolute Gasteiger partial charge is 0.387 e. The third-order valence-electron chi connectivity index (χ3n) is 3.56. The van der Waals surface area contributed by atoms with Crippen molar-refractivity contribution in [1.29, 1.82) is 0 Å². The maximum absolute atomic E-state index is 10.3. The average Bonchev–Trinajstić information content (AvgIpc) is 2.53. The Bertz CT molecular complexity index is 566. The molecule has 2 rings (SSSR count). The molecule has 112 valence electrons. The number of rotatable bonds is 6. The molecule has 0 saturated heterocycles. The molecule has 2 aromatic carbocycles. The molecule has 2 aromatic rings. The number of benzene rings is 2. The molecule has 2 nitrogen and oxygen atoms in total. The van der Waals surface area contributed by atoms with E-state index in [4.69, 9.17) is 0 Å². The van der Waals surface area contributed by atoms with Crippen molar-refractivity contribution in [3.63, 3.8) is 0 Å². The molecule has 0 fully saturated rings. The Morgan fingerprint density at radius 2 is 1.71 bits per heavy atom. The third-order valence-corrected chi connectivity index (χ3v) is 4.28. The fraction of sp³-hybridized carbons (Fsp3) is 0.333. The highest BCUT2D eigenvalue weighted by Gasteiger charge is 2.08. The van der Waals surface area contributed by atoms with Crippen LogP contribution in [0.5, 0.6) is 0 Å². The molecule has 0 bridgehead atoms. The predicted molar refractivity (Wildman–Crippen MR) is 92.2 cm³/mol. The highest BCUT2D eigenvalue weighted by Crippen LogP contribution is 2.21.